The van der Waals surface area contributed by atoms with Crippen LogP contribution in [-0.4, -0.2) is 31.4 Å². The van der Waals surface area contributed by atoms with E-state index in [1.165, 1.54) is 18.6 Å². The van der Waals surface area contributed by atoms with E-state index in [1.54, 1.807) is 6.07 Å². The van der Waals surface area contributed by atoms with Crippen molar-refractivity contribution in [2.75, 3.05) is 29.9 Å². The maximum atomic E-state index is 13.6. The van der Waals surface area contributed by atoms with Crippen LogP contribution in [0.5, 0.6) is 0 Å². The molecule has 25 heavy (non-hydrogen) atoms. The molecule has 3 rings (SSSR count). The van der Waals surface area contributed by atoms with Gasteiger partial charge in [0.1, 0.15) is 5.82 Å². The monoisotopic (exact) mass is 347 g/mol. The number of nitrogens with one attached hydrogen (secondary N) is 2. The van der Waals surface area contributed by atoms with E-state index >= 15 is 0 Å². The number of hydrogen-bond acceptors (Lipinski definition) is 3. The Bertz CT molecular complexity index is 644. The van der Waals surface area contributed by atoms with Crippen LogP contribution in [-0.2, 0) is 9.59 Å². The molecule has 1 saturated carbocycles. The van der Waals surface area contributed by atoms with Gasteiger partial charge < -0.3 is 15.5 Å². The minimum absolute atomic E-state index is 0.0278. The largest absolute Gasteiger partial charge is 0.370 e. The molecule has 0 radical (unpaired) electrons. The Hall–Kier alpha value is -2.11. The molecule has 1 aromatic rings. The van der Waals surface area contributed by atoms with Crippen LogP contribution in [0.4, 0.5) is 15.8 Å². The molecule has 0 spiro atoms. The second-order valence-electron chi connectivity index (χ2n) is 7.12. The second-order valence-corrected chi connectivity index (χ2v) is 7.12. The summed E-state index contributed by atoms with van der Waals surface area (Å²) in [6, 6.07) is 4.52. The lowest BCUT2D eigenvalue weighted by Gasteiger charge is -2.30. The van der Waals surface area contributed by atoms with Gasteiger partial charge >= 0.3 is 0 Å². The molecule has 1 heterocycles. The first-order valence-corrected chi connectivity index (χ1v) is 9.16. The zero-order valence-electron chi connectivity index (χ0n) is 14.7. The summed E-state index contributed by atoms with van der Waals surface area (Å²) >= 11 is 0. The fourth-order valence-electron chi connectivity index (χ4n) is 3.35. The third-order valence-corrected chi connectivity index (χ3v) is 5.03. The van der Waals surface area contributed by atoms with Gasteiger partial charge in [-0.25, -0.2) is 4.39 Å². The Morgan fingerprint density at radius 3 is 2.64 bits per heavy atom. The van der Waals surface area contributed by atoms with Gasteiger partial charge in [0.2, 0.25) is 11.8 Å². The van der Waals surface area contributed by atoms with Gasteiger partial charge in [-0.1, -0.05) is 6.92 Å². The first-order valence-electron chi connectivity index (χ1n) is 9.16. The molecule has 2 atom stereocenters. The summed E-state index contributed by atoms with van der Waals surface area (Å²) < 4.78 is 13.6. The van der Waals surface area contributed by atoms with Crippen LogP contribution in [0.3, 0.4) is 0 Å². The molecule has 2 fully saturated rings. The van der Waals surface area contributed by atoms with Crippen molar-refractivity contribution in [2.45, 2.75) is 39.0 Å². The summed E-state index contributed by atoms with van der Waals surface area (Å²) in [5.74, 6) is 0.00496. The van der Waals surface area contributed by atoms with E-state index in [0.717, 1.165) is 38.0 Å². The number of benzene rings is 1. The minimum Gasteiger partial charge on any atom is -0.370 e. The Morgan fingerprint density at radius 1 is 1.24 bits per heavy atom. The van der Waals surface area contributed by atoms with Crippen LogP contribution in [0.15, 0.2) is 18.2 Å². The van der Waals surface area contributed by atoms with Crippen molar-refractivity contribution in [3.63, 3.8) is 0 Å². The van der Waals surface area contributed by atoms with E-state index < -0.39 is 0 Å². The Morgan fingerprint density at radius 2 is 1.96 bits per heavy atom. The number of piperidine rings is 1. The standard InChI is InChI=1S/C19H26FN3O2/c1-13-11-15(13)19(25)21-8-7-18(24)22-16-12-14(20)5-6-17(16)23-9-3-2-4-10-23/h5-6,12-13,15H,2-4,7-11H2,1H3,(H,21,25)(H,22,24). The Balaban J connectivity index is 1.54. The maximum absolute atomic E-state index is 13.6. The molecule has 0 aromatic heterocycles. The van der Waals surface area contributed by atoms with E-state index in [1.807, 2.05) is 6.92 Å². The predicted octanol–water partition coefficient (Wildman–Crippen LogP) is 2.92. The Kier molecular flexibility index (Phi) is 5.56. The van der Waals surface area contributed by atoms with Gasteiger partial charge in [0.05, 0.1) is 11.4 Å². The summed E-state index contributed by atoms with van der Waals surface area (Å²) in [5.41, 5.74) is 1.37. The molecule has 1 aliphatic carbocycles. The molecule has 1 saturated heterocycles. The van der Waals surface area contributed by atoms with Crippen molar-refractivity contribution in [1.82, 2.24) is 5.32 Å². The van der Waals surface area contributed by atoms with Gasteiger partial charge in [-0.05, 0) is 49.8 Å². The fraction of sp³-hybridized carbons (Fsp3) is 0.579. The van der Waals surface area contributed by atoms with E-state index in [0.29, 0.717) is 18.2 Å². The zero-order chi connectivity index (χ0) is 17.8. The number of hydrogen-bond donors (Lipinski definition) is 2. The lowest BCUT2D eigenvalue weighted by atomic mass is 10.1. The van der Waals surface area contributed by atoms with Gasteiger partial charge in [-0.2, -0.15) is 0 Å². The number of carbonyl (C=O) groups excluding carboxylic acids is 2. The van der Waals surface area contributed by atoms with Gasteiger partial charge in [0.25, 0.3) is 0 Å². The first-order chi connectivity index (χ1) is 12.0. The predicted molar refractivity (Wildman–Crippen MR) is 96.0 cm³/mol. The molecule has 2 amide bonds. The third-order valence-electron chi connectivity index (χ3n) is 5.03. The van der Waals surface area contributed by atoms with Crippen LogP contribution in [0, 0.1) is 17.7 Å². The number of rotatable bonds is 6. The number of nitrogens with zero attached hydrogens (tertiary/aromatic N) is 1. The highest BCUT2D eigenvalue weighted by Gasteiger charge is 2.38. The first kappa shape index (κ1) is 17.7. The van der Waals surface area contributed by atoms with E-state index in [4.69, 9.17) is 0 Å². The highest BCUT2D eigenvalue weighted by atomic mass is 19.1. The number of amides is 2. The molecule has 1 aromatic carbocycles. The van der Waals surface area contributed by atoms with Crippen molar-refractivity contribution < 1.29 is 14.0 Å². The third kappa shape index (κ3) is 4.71. The van der Waals surface area contributed by atoms with E-state index in [2.05, 4.69) is 15.5 Å². The van der Waals surface area contributed by atoms with Crippen molar-refractivity contribution in [3.8, 4) is 0 Å². The smallest absolute Gasteiger partial charge is 0.226 e. The van der Waals surface area contributed by atoms with E-state index in [9.17, 15) is 14.0 Å². The highest BCUT2D eigenvalue weighted by molar-refractivity contribution is 5.94. The van der Waals surface area contributed by atoms with Crippen molar-refractivity contribution in [3.05, 3.63) is 24.0 Å². The van der Waals surface area contributed by atoms with Crippen LogP contribution < -0.4 is 15.5 Å². The molecular weight excluding hydrogens is 321 g/mol. The van der Waals surface area contributed by atoms with Crippen molar-refractivity contribution in [1.29, 1.82) is 0 Å². The average Bonchev–Trinajstić information content (AvgIpc) is 3.33. The minimum atomic E-state index is -0.368. The summed E-state index contributed by atoms with van der Waals surface area (Å²) in [5, 5.41) is 5.60. The van der Waals surface area contributed by atoms with Gasteiger partial charge in [0, 0.05) is 32.0 Å². The fourth-order valence-corrected chi connectivity index (χ4v) is 3.35. The number of anilines is 2. The Labute approximate surface area is 148 Å². The van der Waals surface area contributed by atoms with Crippen LogP contribution in [0.1, 0.15) is 39.0 Å². The SMILES string of the molecule is CC1CC1C(=O)NCCC(=O)Nc1cc(F)ccc1N1CCCCC1. The molecule has 0 bridgehead atoms. The van der Waals surface area contributed by atoms with Gasteiger partial charge in [0.15, 0.2) is 0 Å². The molecule has 1 aliphatic heterocycles. The maximum Gasteiger partial charge on any atom is 0.226 e. The number of halogens is 1. The van der Waals surface area contributed by atoms with Gasteiger partial charge in [-0.3, -0.25) is 9.59 Å². The van der Waals surface area contributed by atoms with Crippen molar-refractivity contribution in [2.24, 2.45) is 11.8 Å². The normalized spacial score (nSPS) is 22.4. The molecule has 2 unspecified atom stereocenters. The summed E-state index contributed by atoms with van der Waals surface area (Å²) in [6.45, 7) is 4.19. The van der Waals surface area contributed by atoms with Gasteiger partial charge in [-0.15, -0.1) is 0 Å². The van der Waals surface area contributed by atoms with Crippen LogP contribution in [0.2, 0.25) is 0 Å². The molecule has 2 N–H and O–H groups in total. The second kappa shape index (κ2) is 7.85. The van der Waals surface area contributed by atoms with Crippen molar-refractivity contribution >= 4 is 23.2 Å². The molecule has 136 valence electrons. The van der Waals surface area contributed by atoms with Crippen LogP contribution in [0.25, 0.3) is 0 Å². The molecule has 5 nitrogen and oxygen atoms in total. The molecule has 2 aliphatic rings. The summed E-state index contributed by atoms with van der Waals surface area (Å²) in [6.07, 6.45) is 4.54. The molecule has 6 heteroatoms. The van der Waals surface area contributed by atoms with Crippen LogP contribution >= 0.6 is 0 Å². The lowest BCUT2D eigenvalue weighted by Crippen LogP contribution is -2.31. The summed E-state index contributed by atoms with van der Waals surface area (Å²) in [7, 11) is 0. The quantitative estimate of drug-likeness (QED) is 0.832. The summed E-state index contributed by atoms with van der Waals surface area (Å²) in [4.78, 5) is 26.1. The highest BCUT2D eigenvalue weighted by Crippen LogP contribution is 2.37. The zero-order valence-corrected chi connectivity index (χ0v) is 14.7. The van der Waals surface area contributed by atoms with E-state index in [-0.39, 0.29) is 30.0 Å². The lowest BCUT2D eigenvalue weighted by molar-refractivity contribution is -0.122. The number of carbonyl (C=O) groups is 2. The average molecular weight is 347 g/mol. The topological polar surface area (TPSA) is 61.4 Å². The molecular formula is C19H26FN3O2.